The molecule has 8 heteroatoms. The fourth-order valence-corrected chi connectivity index (χ4v) is 4.17. The van der Waals surface area contributed by atoms with Gasteiger partial charge in [0.1, 0.15) is 5.75 Å². The molecule has 0 fully saturated rings. The van der Waals surface area contributed by atoms with E-state index >= 15 is 0 Å². The molecule has 148 valence electrons. The van der Waals surface area contributed by atoms with Crippen molar-refractivity contribution >= 4 is 23.4 Å². The number of para-hydroxylation sites is 1. The molecule has 3 aromatic rings. The van der Waals surface area contributed by atoms with Gasteiger partial charge < -0.3 is 4.74 Å². The molecule has 1 aliphatic rings. The third kappa shape index (κ3) is 3.29. The van der Waals surface area contributed by atoms with Crippen molar-refractivity contribution in [1.82, 2.24) is 10.1 Å². The number of benzene rings is 2. The third-order valence-electron chi connectivity index (χ3n) is 4.79. The summed E-state index contributed by atoms with van der Waals surface area (Å²) in [6, 6.07) is 14.9. The van der Waals surface area contributed by atoms with Crippen molar-refractivity contribution < 1.29 is 14.2 Å². The average molecular weight is 409 g/mol. The van der Waals surface area contributed by atoms with Crippen molar-refractivity contribution in [2.75, 3.05) is 17.8 Å². The van der Waals surface area contributed by atoms with Gasteiger partial charge in [0.25, 0.3) is 6.17 Å². The number of hydrogen-bond acceptors (Lipinski definition) is 5. The van der Waals surface area contributed by atoms with Crippen molar-refractivity contribution in [2.24, 2.45) is 0 Å². The average Bonchev–Trinajstić information content (AvgIpc) is 2.72. The first-order valence-electron chi connectivity index (χ1n) is 9.27. The van der Waals surface area contributed by atoms with Gasteiger partial charge in [-0.15, -0.1) is 0 Å². The van der Waals surface area contributed by atoms with E-state index in [0.717, 1.165) is 11.3 Å². The highest BCUT2D eigenvalue weighted by molar-refractivity contribution is 7.99. The van der Waals surface area contributed by atoms with Crippen molar-refractivity contribution in [1.29, 1.82) is 0 Å². The first-order valence-corrected chi connectivity index (χ1v) is 10.3. The van der Waals surface area contributed by atoms with Crippen LogP contribution in [0.25, 0.3) is 11.3 Å². The number of carbonyl (C=O) groups is 1. The number of methoxy groups -OCH3 is 1. The molecule has 0 unspecified atom stereocenters. The molecule has 1 N–H and O–H groups in total. The van der Waals surface area contributed by atoms with E-state index in [4.69, 9.17) is 9.84 Å². The maximum atomic E-state index is 13.0. The van der Waals surface area contributed by atoms with Crippen LogP contribution in [-0.4, -0.2) is 28.9 Å². The normalized spacial score (nSPS) is 14.9. The Balaban J connectivity index is 2.03. The zero-order valence-electron chi connectivity index (χ0n) is 16.4. The molecule has 2 heterocycles. The Morgan fingerprint density at radius 1 is 1.24 bits per heavy atom. The van der Waals surface area contributed by atoms with Gasteiger partial charge in [0.05, 0.1) is 18.4 Å². The largest absolute Gasteiger partial charge is 0.497 e. The molecule has 0 spiro atoms. The number of nitrogens with zero attached hydrogens (tertiary/aromatic N) is 3. The number of anilines is 1. The zero-order chi connectivity index (χ0) is 20.5. The van der Waals surface area contributed by atoms with Crippen molar-refractivity contribution in [3.8, 4) is 17.0 Å². The van der Waals surface area contributed by atoms with E-state index in [0.29, 0.717) is 27.9 Å². The molecule has 0 saturated carbocycles. The Labute approximate surface area is 172 Å². The third-order valence-corrected chi connectivity index (χ3v) is 5.54. The molecule has 1 aliphatic heterocycles. The Morgan fingerprint density at radius 2 is 1.97 bits per heavy atom. The molecule has 2 aromatic carbocycles. The molecule has 0 bridgehead atoms. The quantitative estimate of drug-likeness (QED) is 0.530. The second kappa shape index (κ2) is 7.71. The van der Waals surface area contributed by atoms with Crippen LogP contribution in [0.15, 0.2) is 58.5 Å². The topological polar surface area (TPSA) is 79.2 Å². The molecular weight excluding hydrogens is 388 g/mol. The van der Waals surface area contributed by atoms with Crippen molar-refractivity contribution in [3.05, 3.63) is 64.4 Å². The van der Waals surface area contributed by atoms with Crippen molar-refractivity contribution in [2.45, 2.75) is 25.2 Å². The first-order chi connectivity index (χ1) is 14.0. The second-order valence-electron chi connectivity index (χ2n) is 6.54. The van der Waals surface area contributed by atoms with E-state index in [-0.39, 0.29) is 11.5 Å². The highest BCUT2D eigenvalue weighted by Crippen LogP contribution is 2.37. The van der Waals surface area contributed by atoms with Gasteiger partial charge in [-0.05, 0) is 46.8 Å². The number of thioether (sulfide) groups is 1. The summed E-state index contributed by atoms with van der Waals surface area (Å²) in [5, 5.41) is 5.21. The van der Waals surface area contributed by atoms with Crippen LogP contribution in [0.1, 0.15) is 25.6 Å². The fourth-order valence-electron chi connectivity index (χ4n) is 3.59. The number of aromatic nitrogens is 3. The summed E-state index contributed by atoms with van der Waals surface area (Å²) in [4.78, 5) is 30.3. The lowest BCUT2D eigenvalue weighted by atomic mass is 10.0. The SMILES string of the molecule is CCSc1n[n+]2c(c(=O)[nH]1)-c1ccccc1N(C(C)=O)[C@@H]2c1ccc(OC)cc1. The molecule has 0 aliphatic carbocycles. The van der Waals surface area contributed by atoms with E-state index in [9.17, 15) is 9.59 Å². The summed E-state index contributed by atoms with van der Waals surface area (Å²) in [5.74, 6) is 1.34. The Hall–Kier alpha value is -3.13. The zero-order valence-corrected chi connectivity index (χ0v) is 17.2. The predicted octanol–water partition coefficient (Wildman–Crippen LogP) is 2.76. The number of ether oxygens (including phenoxy) is 1. The molecule has 0 saturated heterocycles. The summed E-state index contributed by atoms with van der Waals surface area (Å²) >= 11 is 1.45. The van der Waals surface area contributed by atoms with Crippen LogP contribution in [0, 0.1) is 0 Å². The maximum absolute atomic E-state index is 13.0. The Morgan fingerprint density at radius 3 is 2.62 bits per heavy atom. The number of carbonyl (C=O) groups excluding carboxylic acids is 1. The summed E-state index contributed by atoms with van der Waals surface area (Å²) in [6.45, 7) is 3.51. The second-order valence-corrected chi connectivity index (χ2v) is 7.79. The van der Waals surface area contributed by atoms with Gasteiger partial charge in [0.2, 0.25) is 11.1 Å². The lowest BCUT2D eigenvalue weighted by Crippen LogP contribution is -2.60. The van der Waals surface area contributed by atoms with E-state index in [1.165, 1.54) is 18.7 Å². The maximum Gasteiger partial charge on any atom is 0.325 e. The number of amides is 1. The summed E-state index contributed by atoms with van der Waals surface area (Å²) in [7, 11) is 1.60. The molecule has 1 amide bonds. The number of H-pyrrole nitrogens is 1. The molecule has 29 heavy (non-hydrogen) atoms. The van der Waals surface area contributed by atoms with Crippen LogP contribution >= 0.6 is 11.8 Å². The van der Waals surface area contributed by atoms with E-state index in [2.05, 4.69) is 4.98 Å². The Kier molecular flexibility index (Phi) is 5.10. The molecule has 7 nitrogen and oxygen atoms in total. The highest BCUT2D eigenvalue weighted by Gasteiger charge is 2.44. The fraction of sp³-hybridized carbons (Fsp3) is 0.238. The van der Waals surface area contributed by atoms with Crippen LogP contribution in [0.3, 0.4) is 0 Å². The van der Waals surface area contributed by atoms with E-state index in [1.807, 2.05) is 55.5 Å². The van der Waals surface area contributed by atoms with Gasteiger partial charge in [-0.1, -0.05) is 30.8 Å². The molecule has 1 atom stereocenters. The standard InChI is InChI=1S/C21H20N4O3S/c1-4-29-21-22-19(27)18-16-7-5-6-8-17(16)24(13(2)26)20(25(18)23-21)14-9-11-15(28-3)12-10-14/h5-12,20H,4H2,1-3H3/p+1/t20-/m0/s1. The summed E-state index contributed by atoms with van der Waals surface area (Å²) in [5.41, 5.74) is 2.38. The van der Waals surface area contributed by atoms with Crippen molar-refractivity contribution in [3.63, 3.8) is 0 Å². The van der Waals surface area contributed by atoms with E-state index in [1.54, 1.807) is 16.7 Å². The molecule has 4 rings (SSSR count). The number of rotatable bonds is 4. The van der Waals surface area contributed by atoms with Gasteiger partial charge in [0, 0.05) is 17.6 Å². The monoisotopic (exact) mass is 409 g/mol. The number of fused-ring (bicyclic) bond motifs is 3. The Bertz CT molecular complexity index is 1130. The van der Waals surface area contributed by atoms with Gasteiger partial charge in [0.15, 0.2) is 0 Å². The van der Waals surface area contributed by atoms with Gasteiger partial charge >= 0.3 is 11.3 Å². The van der Waals surface area contributed by atoms with Gasteiger partial charge in [-0.3, -0.25) is 14.6 Å². The van der Waals surface area contributed by atoms with Gasteiger partial charge in [-0.2, -0.15) is 0 Å². The smallest absolute Gasteiger partial charge is 0.325 e. The highest BCUT2D eigenvalue weighted by atomic mass is 32.2. The number of nitrogens with one attached hydrogen (secondary N) is 1. The molecular formula is C21H21N4O3S+. The van der Waals surface area contributed by atoms with Crippen LogP contribution in [0.2, 0.25) is 0 Å². The minimum atomic E-state index is -0.582. The molecule has 0 radical (unpaired) electrons. The number of aromatic amines is 1. The first kappa shape index (κ1) is 19.2. The van der Waals surface area contributed by atoms with Crippen LogP contribution < -0.4 is 19.9 Å². The van der Waals surface area contributed by atoms with Crippen LogP contribution in [-0.2, 0) is 4.79 Å². The minimum Gasteiger partial charge on any atom is -0.497 e. The van der Waals surface area contributed by atoms with E-state index < -0.39 is 6.17 Å². The number of hydrogen-bond donors (Lipinski definition) is 1. The van der Waals surface area contributed by atoms with Crippen LogP contribution in [0.5, 0.6) is 5.75 Å². The lowest BCUT2D eigenvalue weighted by molar-refractivity contribution is -0.763. The minimum absolute atomic E-state index is 0.136. The predicted molar refractivity (Wildman–Crippen MR) is 111 cm³/mol. The van der Waals surface area contributed by atoms with Crippen LogP contribution in [0.4, 0.5) is 5.69 Å². The van der Waals surface area contributed by atoms with Gasteiger partial charge in [-0.25, -0.2) is 4.90 Å². The summed E-state index contributed by atoms with van der Waals surface area (Å²) < 4.78 is 6.92. The lowest BCUT2D eigenvalue weighted by Gasteiger charge is -2.31. The molecule has 1 aromatic heterocycles. The summed E-state index contributed by atoms with van der Waals surface area (Å²) in [6.07, 6.45) is -0.582.